The van der Waals surface area contributed by atoms with Crippen LogP contribution in [0, 0.1) is 0 Å². The second kappa shape index (κ2) is 7.21. The Balaban J connectivity index is 3.35. The van der Waals surface area contributed by atoms with Gasteiger partial charge in [-0.15, -0.1) is 0 Å². The van der Waals surface area contributed by atoms with Crippen molar-refractivity contribution in [1.82, 2.24) is 0 Å². The van der Waals surface area contributed by atoms with Crippen molar-refractivity contribution in [2.75, 3.05) is 40.3 Å². The molecule has 0 rings (SSSR count). The van der Waals surface area contributed by atoms with Crippen molar-refractivity contribution in [3.63, 3.8) is 0 Å². The van der Waals surface area contributed by atoms with Gasteiger partial charge in [-0.3, -0.25) is 0 Å². The predicted molar refractivity (Wildman–Crippen MR) is 62.1 cm³/mol. The molecule has 0 bridgehead atoms. The lowest BCUT2D eigenvalue weighted by atomic mass is 10.2. The van der Waals surface area contributed by atoms with Crippen molar-refractivity contribution in [2.24, 2.45) is 5.73 Å². The lowest BCUT2D eigenvalue weighted by molar-refractivity contribution is -0.912. The van der Waals surface area contributed by atoms with Gasteiger partial charge >= 0.3 is 0 Å². The fraction of sp³-hybridized carbons (Fsp3) is 1.00. The molecule has 0 amide bonds. The highest BCUT2D eigenvalue weighted by atomic mass is 15.3. The lowest BCUT2D eigenvalue weighted by Gasteiger charge is -2.33. The van der Waals surface area contributed by atoms with Gasteiger partial charge in [0.25, 0.3) is 0 Å². The third-order valence-corrected chi connectivity index (χ3v) is 3.15. The van der Waals surface area contributed by atoms with Gasteiger partial charge in [0, 0.05) is 12.8 Å². The SMILES string of the molecule is CC(C)[N+](C)(C)CCC[NH2+]CCCN. The third kappa shape index (κ3) is 6.35. The van der Waals surface area contributed by atoms with Gasteiger partial charge in [-0.2, -0.15) is 0 Å². The van der Waals surface area contributed by atoms with Crippen LogP contribution >= 0.6 is 0 Å². The molecule has 86 valence electrons. The quantitative estimate of drug-likeness (QED) is 0.415. The van der Waals surface area contributed by atoms with Crippen LogP contribution in [-0.4, -0.2) is 50.8 Å². The van der Waals surface area contributed by atoms with Gasteiger partial charge in [-0.05, 0) is 20.4 Å². The Kier molecular flexibility index (Phi) is 7.15. The monoisotopic (exact) mass is 203 g/mol. The van der Waals surface area contributed by atoms with Crippen LogP contribution in [0.5, 0.6) is 0 Å². The van der Waals surface area contributed by atoms with Crippen LogP contribution in [0.1, 0.15) is 26.7 Å². The molecular formula is C11H29N3+2. The third-order valence-electron chi connectivity index (χ3n) is 3.15. The fourth-order valence-corrected chi connectivity index (χ4v) is 1.31. The molecule has 0 spiro atoms. The largest absolute Gasteiger partial charge is 0.346 e. The zero-order chi connectivity index (χ0) is 11.0. The molecule has 0 aromatic carbocycles. The summed E-state index contributed by atoms with van der Waals surface area (Å²) in [6, 6.07) is 0.721. The van der Waals surface area contributed by atoms with E-state index in [0.29, 0.717) is 0 Å². The summed E-state index contributed by atoms with van der Waals surface area (Å²) in [6.45, 7) is 9.11. The molecule has 0 aliphatic carbocycles. The molecular weight excluding hydrogens is 174 g/mol. The molecule has 4 N–H and O–H groups in total. The van der Waals surface area contributed by atoms with Crippen molar-refractivity contribution in [3.05, 3.63) is 0 Å². The maximum atomic E-state index is 5.43. The van der Waals surface area contributed by atoms with Gasteiger partial charge < -0.3 is 15.5 Å². The molecule has 0 aromatic heterocycles. The van der Waals surface area contributed by atoms with Crippen molar-refractivity contribution in [2.45, 2.75) is 32.7 Å². The van der Waals surface area contributed by atoms with E-state index < -0.39 is 0 Å². The van der Waals surface area contributed by atoms with E-state index in [1.807, 2.05) is 0 Å². The van der Waals surface area contributed by atoms with Crippen molar-refractivity contribution in [1.29, 1.82) is 0 Å². The van der Waals surface area contributed by atoms with E-state index in [4.69, 9.17) is 5.73 Å². The molecule has 14 heavy (non-hydrogen) atoms. The summed E-state index contributed by atoms with van der Waals surface area (Å²) in [5.41, 5.74) is 5.43. The van der Waals surface area contributed by atoms with Crippen LogP contribution in [0.25, 0.3) is 0 Å². The van der Waals surface area contributed by atoms with Gasteiger partial charge in [0.2, 0.25) is 0 Å². The Bertz CT molecular complexity index is 132. The Morgan fingerprint density at radius 1 is 1.14 bits per heavy atom. The van der Waals surface area contributed by atoms with E-state index in [0.717, 1.165) is 23.5 Å². The molecule has 0 radical (unpaired) electrons. The number of rotatable bonds is 8. The first-order chi connectivity index (χ1) is 6.50. The number of quaternary nitrogens is 2. The first-order valence-electron chi connectivity index (χ1n) is 5.85. The summed E-state index contributed by atoms with van der Waals surface area (Å²) in [7, 11) is 4.62. The Morgan fingerprint density at radius 3 is 2.21 bits per heavy atom. The zero-order valence-electron chi connectivity index (χ0n) is 10.4. The maximum Gasteiger partial charge on any atom is 0.0838 e. The van der Waals surface area contributed by atoms with E-state index in [1.54, 1.807) is 0 Å². The summed E-state index contributed by atoms with van der Waals surface area (Å²) in [5, 5.41) is 2.38. The van der Waals surface area contributed by atoms with E-state index in [1.165, 1.54) is 26.1 Å². The Labute approximate surface area is 89.2 Å². The van der Waals surface area contributed by atoms with Gasteiger partial charge in [-0.1, -0.05) is 0 Å². The molecule has 0 aliphatic rings. The van der Waals surface area contributed by atoms with Crippen molar-refractivity contribution < 1.29 is 9.80 Å². The van der Waals surface area contributed by atoms with Crippen molar-refractivity contribution in [3.8, 4) is 0 Å². The highest BCUT2D eigenvalue weighted by molar-refractivity contribution is 4.41. The van der Waals surface area contributed by atoms with Gasteiger partial charge in [0.1, 0.15) is 0 Å². The van der Waals surface area contributed by atoms with Crippen LogP contribution in [0.4, 0.5) is 0 Å². The minimum atomic E-state index is 0.721. The zero-order valence-corrected chi connectivity index (χ0v) is 10.4. The highest BCUT2D eigenvalue weighted by Crippen LogP contribution is 2.05. The maximum absolute atomic E-state index is 5.43. The summed E-state index contributed by atoms with van der Waals surface area (Å²) < 4.78 is 1.13. The second-order valence-electron chi connectivity index (χ2n) is 4.96. The van der Waals surface area contributed by atoms with Crippen LogP contribution in [0.2, 0.25) is 0 Å². The lowest BCUT2D eigenvalue weighted by Crippen LogP contribution is -2.84. The minimum Gasteiger partial charge on any atom is -0.346 e. The Hall–Kier alpha value is -0.120. The molecule has 0 saturated heterocycles. The number of nitrogens with two attached hydrogens (primary N) is 2. The van der Waals surface area contributed by atoms with Gasteiger partial charge in [0.05, 0.1) is 39.8 Å². The highest BCUT2D eigenvalue weighted by Gasteiger charge is 2.18. The van der Waals surface area contributed by atoms with Crippen molar-refractivity contribution >= 4 is 0 Å². The molecule has 0 aliphatic heterocycles. The molecule has 3 nitrogen and oxygen atoms in total. The first kappa shape index (κ1) is 13.9. The summed E-state index contributed by atoms with van der Waals surface area (Å²) in [5.74, 6) is 0. The standard InChI is InChI=1S/C11H28N3/c1-11(2)14(3,4)10-6-9-13-8-5-7-12/h11,13H,5-10,12H2,1-4H3/q+1/p+1. The van der Waals surface area contributed by atoms with Crippen LogP contribution in [0.15, 0.2) is 0 Å². The van der Waals surface area contributed by atoms with Crippen LogP contribution in [-0.2, 0) is 0 Å². The summed E-state index contributed by atoms with van der Waals surface area (Å²) in [6.07, 6.45) is 2.44. The Morgan fingerprint density at radius 2 is 1.71 bits per heavy atom. The normalized spacial score (nSPS) is 12.4. The molecule has 0 heterocycles. The molecule has 0 unspecified atom stereocenters. The van der Waals surface area contributed by atoms with E-state index in [2.05, 4.69) is 33.3 Å². The van der Waals surface area contributed by atoms with Gasteiger partial charge in [-0.25, -0.2) is 0 Å². The van der Waals surface area contributed by atoms with Crippen LogP contribution in [0.3, 0.4) is 0 Å². The topological polar surface area (TPSA) is 42.6 Å². The summed E-state index contributed by atoms with van der Waals surface area (Å²) in [4.78, 5) is 0. The summed E-state index contributed by atoms with van der Waals surface area (Å²) >= 11 is 0. The predicted octanol–water partition coefficient (Wildman–Crippen LogP) is -0.226. The average molecular weight is 203 g/mol. The van der Waals surface area contributed by atoms with E-state index in [-0.39, 0.29) is 0 Å². The number of hydrogen-bond donors (Lipinski definition) is 2. The smallest absolute Gasteiger partial charge is 0.0838 e. The van der Waals surface area contributed by atoms with Gasteiger partial charge in [0.15, 0.2) is 0 Å². The minimum absolute atomic E-state index is 0.721. The molecule has 0 atom stereocenters. The fourth-order valence-electron chi connectivity index (χ4n) is 1.31. The molecule has 0 fully saturated rings. The number of hydrogen-bond acceptors (Lipinski definition) is 1. The second-order valence-corrected chi connectivity index (χ2v) is 4.96. The average Bonchev–Trinajstić information content (AvgIpc) is 2.10. The van der Waals surface area contributed by atoms with E-state index >= 15 is 0 Å². The molecule has 0 saturated carbocycles. The van der Waals surface area contributed by atoms with E-state index in [9.17, 15) is 0 Å². The number of nitrogens with zero attached hydrogens (tertiary/aromatic N) is 1. The molecule has 3 heteroatoms. The molecule has 0 aromatic rings. The first-order valence-corrected chi connectivity index (χ1v) is 5.85. The van der Waals surface area contributed by atoms with Crippen LogP contribution < -0.4 is 11.1 Å².